The topological polar surface area (TPSA) is 43.6 Å². The fourth-order valence-corrected chi connectivity index (χ4v) is 0.356. The Morgan fingerprint density at radius 3 is 2.57 bits per heavy atom. The molecule has 5 heteroatoms. The zero-order chi connectivity index (χ0) is 5.28. The van der Waals surface area contributed by atoms with Crippen molar-refractivity contribution in [2.24, 2.45) is 0 Å². The third-order valence-electron chi connectivity index (χ3n) is 0.575. The molecule has 1 rings (SSSR count). The Morgan fingerprint density at radius 2 is 2.43 bits per heavy atom. The predicted molar refractivity (Wildman–Crippen MR) is 26.9 cm³/mol. The van der Waals surface area contributed by atoms with Crippen LogP contribution in [0, 0.1) is 6.92 Å². The number of rotatable bonds is 0. The average molecular weight is 163 g/mol. The molecule has 0 aliphatic rings. The molecule has 1 heterocycles. The molecule has 0 unspecified atom stereocenters. The third-order valence-corrected chi connectivity index (χ3v) is 1.23. The lowest BCUT2D eigenvalue weighted by atomic mass is 10.8. The van der Waals surface area contributed by atoms with Crippen molar-refractivity contribution < 1.29 is 0 Å². The first-order chi connectivity index (χ1) is 3.30. The first kappa shape index (κ1) is 4.70. The third kappa shape index (κ3) is 0.767. The zero-order valence-electron chi connectivity index (χ0n) is 3.67. The van der Waals surface area contributed by atoms with Gasteiger partial charge in [0.05, 0.1) is 16.1 Å². The van der Waals surface area contributed by atoms with E-state index in [-0.39, 0.29) is 0 Å². The minimum absolute atomic E-state index is 0.750. The average Bonchev–Trinajstić information content (AvgIpc) is 1.91. The summed E-state index contributed by atoms with van der Waals surface area (Å²) in [5.74, 6) is 0.750. The number of hydrogen-bond acceptors (Lipinski definition) is 3. The summed E-state index contributed by atoms with van der Waals surface area (Å²) in [5, 5.41) is 10.4. The lowest BCUT2D eigenvalue weighted by molar-refractivity contribution is 0.860. The van der Waals surface area contributed by atoms with Crippen LogP contribution >= 0.6 is 16.1 Å². The molecule has 1 aromatic rings. The van der Waals surface area contributed by atoms with Crippen LogP contribution in [0.2, 0.25) is 0 Å². The largest absolute Gasteiger partial charge is 0.162 e. The van der Waals surface area contributed by atoms with E-state index in [1.54, 1.807) is 6.92 Å². The molecule has 0 saturated carbocycles. The first-order valence-electron chi connectivity index (χ1n) is 1.72. The standard InChI is InChI=1S/C2H3BrN4/c1-2-4-5-6-7(2)3/h1H3. The molecular weight excluding hydrogens is 160 g/mol. The van der Waals surface area contributed by atoms with Crippen LogP contribution in [0.1, 0.15) is 5.82 Å². The first-order valence-corrected chi connectivity index (χ1v) is 2.43. The van der Waals surface area contributed by atoms with Crippen molar-refractivity contribution in [3.8, 4) is 0 Å². The summed E-state index contributed by atoms with van der Waals surface area (Å²) in [5.41, 5.74) is 0. The van der Waals surface area contributed by atoms with E-state index < -0.39 is 0 Å². The quantitative estimate of drug-likeness (QED) is 0.546. The number of hydrogen-bond donors (Lipinski definition) is 0. The Morgan fingerprint density at radius 1 is 1.71 bits per heavy atom. The number of tetrazole rings is 1. The molecule has 38 valence electrons. The fourth-order valence-electron chi connectivity index (χ4n) is 0.221. The smallest absolute Gasteiger partial charge is 0.160 e. The van der Waals surface area contributed by atoms with Crippen LogP contribution in [0.5, 0.6) is 0 Å². The number of aryl methyl sites for hydroxylation is 1. The molecule has 0 fully saturated rings. The van der Waals surface area contributed by atoms with Crippen molar-refractivity contribution in [3.63, 3.8) is 0 Å². The molecule has 0 aromatic carbocycles. The zero-order valence-corrected chi connectivity index (χ0v) is 5.25. The summed E-state index contributed by atoms with van der Waals surface area (Å²) in [6.07, 6.45) is 0. The molecule has 4 nitrogen and oxygen atoms in total. The molecule has 0 amide bonds. The Balaban J connectivity index is 3.12. The summed E-state index contributed by atoms with van der Waals surface area (Å²) < 4.78 is 1.42. The second-order valence-corrected chi connectivity index (χ2v) is 1.76. The number of aromatic nitrogens is 4. The molecule has 0 N–H and O–H groups in total. The maximum atomic E-state index is 3.57. The van der Waals surface area contributed by atoms with Crippen molar-refractivity contribution in [1.82, 2.24) is 19.2 Å². The van der Waals surface area contributed by atoms with Crippen LogP contribution in [0.4, 0.5) is 0 Å². The van der Waals surface area contributed by atoms with E-state index in [0.29, 0.717) is 0 Å². The van der Waals surface area contributed by atoms with Gasteiger partial charge in [0, 0.05) is 0 Å². The molecule has 0 aliphatic carbocycles. The minimum Gasteiger partial charge on any atom is -0.162 e. The highest BCUT2D eigenvalue weighted by Crippen LogP contribution is 1.89. The monoisotopic (exact) mass is 162 g/mol. The molecule has 1 aromatic heterocycles. The van der Waals surface area contributed by atoms with Crippen molar-refractivity contribution >= 4 is 16.1 Å². The molecule has 0 atom stereocenters. The van der Waals surface area contributed by atoms with Gasteiger partial charge >= 0.3 is 0 Å². The van der Waals surface area contributed by atoms with E-state index in [4.69, 9.17) is 0 Å². The van der Waals surface area contributed by atoms with E-state index in [1.807, 2.05) is 0 Å². The van der Waals surface area contributed by atoms with E-state index >= 15 is 0 Å². The summed E-state index contributed by atoms with van der Waals surface area (Å²) in [6, 6.07) is 0. The Kier molecular flexibility index (Phi) is 1.06. The lowest BCUT2D eigenvalue weighted by Crippen LogP contribution is -1.83. The van der Waals surface area contributed by atoms with Gasteiger partial charge in [0.1, 0.15) is 0 Å². The van der Waals surface area contributed by atoms with Crippen LogP contribution in [0.25, 0.3) is 0 Å². The lowest BCUT2D eigenvalue weighted by Gasteiger charge is -1.77. The maximum Gasteiger partial charge on any atom is 0.160 e. The normalized spacial score (nSPS) is 9.43. The van der Waals surface area contributed by atoms with Crippen LogP contribution in [-0.2, 0) is 0 Å². The highest BCUT2D eigenvalue weighted by Gasteiger charge is 1.90. The molecule has 0 bridgehead atoms. The van der Waals surface area contributed by atoms with Gasteiger partial charge in [0.15, 0.2) is 5.82 Å². The van der Waals surface area contributed by atoms with Crippen molar-refractivity contribution in [3.05, 3.63) is 5.82 Å². The summed E-state index contributed by atoms with van der Waals surface area (Å²) in [7, 11) is 0. The summed E-state index contributed by atoms with van der Waals surface area (Å²) in [4.78, 5) is 0. The Hall–Kier alpha value is -0.450. The van der Waals surface area contributed by atoms with Gasteiger partial charge in [0.2, 0.25) is 0 Å². The van der Waals surface area contributed by atoms with Crippen molar-refractivity contribution in [2.45, 2.75) is 6.92 Å². The fraction of sp³-hybridized carbons (Fsp3) is 0.500. The number of nitrogens with zero attached hydrogens (tertiary/aromatic N) is 4. The van der Waals surface area contributed by atoms with Gasteiger partial charge in [-0.25, -0.2) is 0 Å². The van der Waals surface area contributed by atoms with Gasteiger partial charge < -0.3 is 0 Å². The SMILES string of the molecule is Cc1nnnn1Br. The Labute approximate surface area is 48.9 Å². The summed E-state index contributed by atoms with van der Waals surface area (Å²) >= 11 is 3.05. The van der Waals surface area contributed by atoms with Crippen molar-refractivity contribution in [2.75, 3.05) is 0 Å². The van der Waals surface area contributed by atoms with Gasteiger partial charge in [-0.05, 0) is 17.4 Å². The highest BCUT2D eigenvalue weighted by molar-refractivity contribution is 9.08. The predicted octanol–water partition coefficient (Wildman–Crippen LogP) is 0.140. The van der Waals surface area contributed by atoms with E-state index in [9.17, 15) is 0 Å². The van der Waals surface area contributed by atoms with Crippen LogP contribution in [0.15, 0.2) is 0 Å². The molecule has 0 saturated heterocycles. The van der Waals surface area contributed by atoms with E-state index in [0.717, 1.165) is 5.82 Å². The Bertz CT molecular complexity index is 142. The van der Waals surface area contributed by atoms with Crippen LogP contribution < -0.4 is 0 Å². The van der Waals surface area contributed by atoms with Gasteiger partial charge in [-0.1, -0.05) is 0 Å². The summed E-state index contributed by atoms with van der Waals surface area (Å²) in [6.45, 7) is 1.80. The van der Waals surface area contributed by atoms with E-state index in [1.165, 1.54) is 3.71 Å². The second-order valence-electron chi connectivity index (χ2n) is 1.09. The van der Waals surface area contributed by atoms with Gasteiger partial charge in [0.25, 0.3) is 0 Å². The number of halogens is 1. The van der Waals surface area contributed by atoms with Gasteiger partial charge in [-0.15, -0.1) is 5.10 Å². The minimum atomic E-state index is 0.750. The van der Waals surface area contributed by atoms with Gasteiger partial charge in [-0.3, -0.25) is 0 Å². The molecule has 0 radical (unpaired) electrons. The second kappa shape index (κ2) is 1.57. The van der Waals surface area contributed by atoms with Crippen LogP contribution in [-0.4, -0.2) is 19.2 Å². The van der Waals surface area contributed by atoms with Crippen LogP contribution in [0.3, 0.4) is 0 Å². The molecule has 0 spiro atoms. The maximum absolute atomic E-state index is 3.57. The molecular formula is C2H3BrN4. The van der Waals surface area contributed by atoms with E-state index in [2.05, 4.69) is 31.7 Å². The molecule has 0 aliphatic heterocycles. The van der Waals surface area contributed by atoms with Crippen molar-refractivity contribution in [1.29, 1.82) is 0 Å². The molecule has 7 heavy (non-hydrogen) atoms. The highest BCUT2D eigenvalue weighted by atomic mass is 79.9. The van der Waals surface area contributed by atoms with Gasteiger partial charge in [-0.2, -0.15) is 3.71 Å².